The topological polar surface area (TPSA) is 43.4 Å². The molecule has 0 bridgehead atoms. The summed E-state index contributed by atoms with van der Waals surface area (Å²) in [6.45, 7) is 3.86. The monoisotopic (exact) mass is 234 g/mol. The average molecular weight is 234 g/mol. The van der Waals surface area contributed by atoms with Crippen LogP contribution in [0.1, 0.15) is 49.9 Å². The number of hydrogen-bond donors (Lipinski definition) is 0. The SMILES string of the molecule is CCCC(=O)Oc1ccccc1C(=O)CCC. The van der Waals surface area contributed by atoms with Gasteiger partial charge in [-0.2, -0.15) is 0 Å². The lowest BCUT2D eigenvalue weighted by molar-refractivity contribution is -0.134. The van der Waals surface area contributed by atoms with E-state index in [1.54, 1.807) is 24.3 Å². The Morgan fingerprint density at radius 1 is 1.06 bits per heavy atom. The molecule has 0 N–H and O–H groups in total. The van der Waals surface area contributed by atoms with Crippen molar-refractivity contribution in [3.05, 3.63) is 29.8 Å². The van der Waals surface area contributed by atoms with Gasteiger partial charge in [-0.05, 0) is 25.0 Å². The zero-order valence-corrected chi connectivity index (χ0v) is 10.4. The largest absolute Gasteiger partial charge is 0.426 e. The number of esters is 1. The van der Waals surface area contributed by atoms with E-state index in [-0.39, 0.29) is 11.8 Å². The van der Waals surface area contributed by atoms with Gasteiger partial charge in [-0.25, -0.2) is 0 Å². The van der Waals surface area contributed by atoms with Crippen molar-refractivity contribution in [2.24, 2.45) is 0 Å². The second kappa shape index (κ2) is 6.84. The third-order valence-electron chi connectivity index (χ3n) is 2.34. The first-order valence-electron chi connectivity index (χ1n) is 6.02. The lowest BCUT2D eigenvalue weighted by Crippen LogP contribution is -2.10. The molecule has 0 atom stereocenters. The van der Waals surface area contributed by atoms with E-state index in [2.05, 4.69) is 0 Å². The van der Waals surface area contributed by atoms with Gasteiger partial charge in [0.1, 0.15) is 5.75 Å². The lowest BCUT2D eigenvalue weighted by Gasteiger charge is -2.08. The third kappa shape index (κ3) is 4.02. The number of rotatable bonds is 6. The van der Waals surface area contributed by atoms with Crippen LogP contribution < -0.4 is 4.74 Å². The summed E-state index contributed by atoms with van der Waals surface area (Å²) >= 11 is 0. The molecule has 0 fully saturated rings. The van der Waals surface area contributed by atoms with E-state index in [0.29, 0.717) is 24.2 Å². The molecule has 0 saturated heterocycles. The summed E-state index contributed by atoms with van der Waals surface area (Å²) in [4.78, 5) is 23.2. The Morgan fingerprint density at radius 2 is 1.71 bits per heavy atom. The number of carbonyl (C=O) groups is 2. The molecule has 0 aliphatic carbocycles. The fourth-order valence-corrected chi connectivity index (χ4v) is 1.53. The van der Waals surface area contributed by atoms with E-state index in [9.17, 15) is 9.59 Å². The second-order valence-electron chi connectivity index (χ2n) is 3.89. The fraction of sp³-hybridized carbons (Fsp3) is 0.429. The molecule has 0 amide bonds. The second-order valence-corrected chi connectivity index (χ2v) is 3.89. The number of Topliss-reactive ketones (excluding diaryl/α,β-unsaturated/α-hetero) is 1. The van der Waals surface area contributed by atoms with Crippen molar-refractivity contribution in [1.82, 2.24) is 0 Å². The minimum Gasteiger partial charge on any atom is -0.426 e. The molecule has 3 nitrogen and oxygen atoms in total. The summed E-state index contributed by atoms with van der Waals surface area (Å²) in [5.41, 5.74) is 0.499. The smallest absolute Gasteiger partial charge is 0.311 e. The molecule has 0 unspecified atom stereocenters. The highest BCUT2D eigenvalue weighted by Gasteiger charge is 2.13. The van der Waals surface area contributed by atoms with E-state index in [1.165, 1.54) is 0 Å². The minimum absolute atomic E-state index is 0.0207. The summed E-state index contributed by atoms with van der Waals surface area (Å²) in [5.74, 6) is 0.112. The van der Waals surface area contributed by atoms with Crippen molar-refractivity contribution in [3.63, 3.8) is 0 Å². The van der Waals surface area contributed by atoms with Gasteiger partial charge < -0.3 is 4.74 Å². The predicted molar refractivity (Wildman–Crippen MR) is 66.2 cm³/mol. The van der Waals surface area contributed by atoms with Gasteiger partial charge in [0.15, 0.2) is 5.78 Å². The number of ether oxygens (including phenoxy) is 1. The summed E-state index contributed by atoms with van der Waals surface area (Å²) in [6, 6.07) is 6.90. The van der Waals surface area contributed by atoms with Crippen molar-refractivity contribution < 1.29 is 14.3 Å². The molecule has 17 heavy (non-hydrogen) atoms. The third-order valence-corrected chi connectivity index (χ3v) is 2.34. The molecule has 0 saturated carbocycles. The lowest BCUT2D eigenvalue weighted by atomic mass is 10.1. The zero-order chi connectivity index (χ0) is 12.7. The normalized spacial score (nSPS) is 10.0. The molecule has 0 aliphatic heterocycles. The number of para-hydroxylation sites is 1. The van der Waals surface area contributed by atoms with Crippen LogP contribution in [0.4, 0.5) is 0 Å². The Hall–Kier alpha value is -1.64. The number of benzene rings is 1. The molecular weight excluding hydrogens is 216 g/mol. The maximum atomic E-state index is 11.8. The van der Waals surface area contributed by atoms with Gasteiger partial charge >= 0.3 is 5.97 Å². The van der Waals surface area contributed by atoms with E-state index in [0.717, 1.165) is 12.8 Å². The fourth-order valence-electron chi connectivity index (χ4n) is 1.53. The van der Waals surface area contributed by atoms with Crippen LogP contribution in [0, 0.1) is 0 Å². The van der Waals surface area contributed by atoms with Crippen LogP contribution in [0.5, 0.6) is 5.75 Å². The minimum atomic E-state index is -0.288. The summed E-state index contributed by atoms with van der Waals surface area (Å²) in [6.07, 6.45) is 2.37. The standard InChI is InChI=1S/C14H18O3/c1-3-7-12(15)11-9-5-6-10-13(11)17-14(16)8-4-2/h5-6,9-10H,3-4,7-8H2,1-2H3. The van der Waals surface area contributed by atoms with Crippen LogP contribution in [-0.2, 0) is 4.79 Å². The first-order valence-corrected chi connectivity index (χ1v) is 6.02. The maximum absolute atomic E-state index is 11.8. The van der Waals surface area contributed by atoms with Crippen molar-refractivity contribution in [3.8, 4) is 5.75 Å². The van der Waals surface area contributed by atoms with Gasteiger partial charge in [0.25, 0.3) is 0 Å². The molecule has 1 aromatic carbocycles. The molecule has 0 aliphatic rings. The molecule has 0 radical (unpaired) electrons. The molecular formula is C14H18O3. The van der Waals surface area contributed by atoms with Crippen molar-refractivity contribution in [2.75, 3.05) is 0 Å². The molecule has 1 aromatic rings. The summed E-state index contributed by atoms with van der Waals surface area (Å²) in [5, 5.41) is 0. The molecule has 0 heterocycles. The Bertz CT molecular complexity index is 396. The zero-order valence-electron chi connectivity index (χ0n) is 10.4. The Kier molecular flexibility index (Phi) is 5.40. The average Bonchev–Trinajstić information content (AvgIpc) is 2.30. The summed E-state index contributed by atoms with van der Waals surface area (Å²) < 4.78 is 5.19. The van der Waals surface area contributed by atoms with Gasteiger partial charge in [0, 0.05) is 12.8 Å². The van der Waals surface area contributed by atoms with Crippen molar-refractivity contribution in [1.29, 1.82) is 0 Å². The Balaban J connectivity index is 2.84. The number of ketones is 1. The first-order chi connectivity index (χ1) is 8.19. The predicted octanol–water partition coefficient (Wildman–Crippen LogP) is 3.37. The van der Waals surface area contributed by atoms with Gasteiger partial charge in [0.05, 0.1) is 5.56 Å². The Labute approximate surface area is 102 Å². The van der Waals surface area contributed by atoms with Crippen molar-refractivity contribution in [2.45, 2.75) is 39.5 Å². The molecule has 0 aromatic heterocycles. The van der Waals surface area contributed by atoms with Gasteiger partial charge in [-0.1, -0.05) is 26.0 Å². The number of carbonyl (C=O) groups excluding carboxylic acids is 2. The highest BCUT2D eigenvalue weighted by molar-refractivity contribution is 5.99. The molecule has 3 heteroatoms. The highest BCUT2D eigenvalue weighted by atomic mass is 16.5. The molecule has 92 valence electrons. The molecule has 1 rings (SSSR count). The van der Waals surface area contributed by atoms with Gasteiger partial charge in [-0.15, -0.1) is 0 Å². The van der Waals surface area contributed by atoms with Gasteiger partial charge in [-0.3, -0.25) is 9.59 Å². The highest BCUT2D eigenvalue weighted by Crippen LogP contribution is 2.20. The van der Waals surface area contributed by atoms with E-state index >= 15 is 0 Å². The van der Waals surface area contributed by atoms with Crippen LogP contribution in [0.3, 0.4) is 0 Å². The van der Waals surface area contributed by atoms with E-state index < -0.39 is 0 Å². The quantitative estimate of drug-likeness (QED) is 0.430. The van der Waals surface area contributed by atoms with Crippen molar-refractivity contribution >= 4 is 11.8 Å². The maximum Gasteiger partial charge on any atom is 0.311 e. The summed E-state index contributed by atoms with van der Waals surface area (Å²) in [7, 11) is 0. The van der Waals surface area contributed by atoms with E-state index in [1.807, 2.05) is 13.8 Å². The first kappa shape index (κ1) is 13.4. The van der Waals surface area contributed by atoms with Crippen LogP contribution in [-0.4, -0.2) is 11.8 Å². The van der Waals surface area contributed by atoms with Crippen LogP contribution in [0.2, 0.25) is 0 Å². The van der Waals surface area contributed by atoms with Gasteiger partial charge in [0.2, 0.25) is 0 Å². The van der Waals surface area contributed by atoms with Crippen LogP contribution >= 0.6 is 0 Å². The van der Waals surface area contributed by atoms with Crippen LogP contribution in [0.15, 0.2) is 24.3 Å². The van der Waals surface area contributed by atoms with E-state index in [4.69, 9.17) is 4.74 Å². The Morgan fingerprint density at radius 3 is 2.35 bits per heavy atom. The number of hydrogen-bond acceptors (Lipinski definition) is 3. The van der Waals surface area contributed by atoms with Crippen LogP contribution in [0.25, 0.3) is 0 Å². The molecule has 0 spiro atoms.